The van der Waals surface area contributed by atoms with Gasteiger partial charge in [0.1, 0.15) is 12.4 Å². The molecular formula is C9H7I3O4. The van der Waals surface area contributed by atoms with Crippen LogP contribution in [-0.2, 0) is 4.74 Å². The van der Waals surface area contributed by atoms with Crippen molar-refractivity contribution in [1.82, 2.24) is 0 Å². The van der Waals surface area contributed by atoms with Crippen molar-refractivity contribution < 1.29 is 19.7 Å². The van der Waals surface area contributed by atoms with Crippen molar-refractivity contribution in [1.29, 1.82) is 0 Å². The van der Waals surface area contributed by atoms with Crippen molar-refractivity contribution in [3.05, 3.63) is 22.3 Å². The number of carbonyl (C=O) groups excluding carboxylic acids is 1. The van der Waals surface area contributed by atoms with E-state index in [1.807, 2.05) is 67.8 Å². The van der Waals surface area contributed by atoms with Crippen LogP contribution in [0.3, 0.4) is 0 Å². The minimum atomic E-state index is -0.533. The molecule has 88 valence electrons. The Morgan fingerprint density at radius 3 is 2.50 bits per heavy atom. The van der Waals surface area contributed by atoms with Gasteiger partial charge in [-0.2, -0.15) is 0 Å². The van der Waals surface area contributed by atoms with E-state index >= 15 is 0 Å². The quantitative estimate of drug-likeness (QED) is 0.441. The first-order valence-corrected chi connectivity index (χ1v) is 7.37. The maximum absolute atomic E-state index is 11.7. The molecule has 0 saturated heterocycles. The molecule has 0 unspecified atom stereocenters. The van der Waals surface area contributed by atoms with E-state index in [0.717, 1.165) is 0 Å². The Hall–Kier alpha value is 0.640. The summed E-state index contributed by atoms with van der Waals surface area (Å²) in [6.07, 6.45) is 0. The highest BCUT2D eigenvalue weighted by atomic mass is 127. The van der Waals surface area contributed by atoms with Gasteiger partial charge < -0.3 is 14.9 Å². The topological polar surface area (TPSA) is 66.8 Å². The molecule has 7 heteroatoms. The number of hydrogen-bond acceptors (Lipinski definition) is 4. The van der Waals surface area contributed by atoms with Gasteiger partial charge in [-0.05, 0) is 73.8 Å². The SMILES string of the molecule is O=C(OCCO)c1c(I)cc(I)c(O)c1I. The van der Waals surface area contributed by atoms with Crippen molar-refractivity contribution in [2.45, 2.75) is 0 Å². The van der Waals surface area contributed by atoms with Gasteiger partial charge in [0.15, 0.2) is 0 Å². The van der Waals surface area contributed by atoms with E-state index in [1.165, 1.54) is 0 Å². The highest BCUT2D eigenvalue weighted by Crippen LogP contribution is 2.32. The van der Waals surface area contributed by atoms with Gasteiger partial charge in [-0.25, -0.2) is 4.79 Å². The number of aliphatic hydroxyl groups excluding tert-OH is 1. The second-order valence-corrected chi connectivity index (χ2v) is 6.14. The first-order valence-electron chi connectivity index (χ1n) is 4.13. The van der Waals surface area contributed by atoms with E-state index < -0.39 is 5.97 Å². The fourth-order valence-electron chi connectivity index (χ4n) is 0.977. The summed E-state index contributed by atoms with van der Waals surface area (Å²) in [4.78, 5) is 11.7. The summed E-state index contributed by atoms with van der Waals surface area (Å²) in [5.41, 5.74) is 0.340. The third kappa shape index (κ3) is 3.32. The minimum absolute atomic E-state index is 0.0439. The van der Waals surface area contributed by atoms with Gasteiger partial charge in [-0.15, -0.1) is 0 Å². The smallest absolute Gasteiger partial charge is 0.340 e. The molecule has 0 aliphatic heterocycles. The number of halogens is 3. The summed E-state index contributed by atoms with van der Waals surface area (Å²) in [6, 6.07) is 1.70. The lowest BCUT2D eigenvalue weighted by Crippen LogP contribution is -2.12. The standard InChI is InChI=1S/C9H7I3O4/c10-4-3-5(11)8(14)7(12)6(4)9(15)16-2-1-13/h3,13-14H,1-2H2. The van der Waals surface area contributed by atoms with Crippen molar-refractivity contribution in [3.8, 4) is 5.75 Å². The molecule has 0 atom stereocenters. The Kier molecular flexibility index (Phi) is 6.01. The number of aromatic hydroxyl groups is 1. The van der Waals surface area contributed by atoms with Crippen LogP contribution in [0.4, 0.5) is 0 Å². The largest absolute Gasteiger partial charge is 0.506 e. The van der Waals surface area contributed by atoms with Crippen LogP contribution in [0.5, 0.6) is 5.75 Å². The van der Waals surface area contributed by atoms with E-state index in [-0.39, 0.29) is 19.0 Å². The molecule has 0 spiro atoms. The van der Waals surface area contributed by atoms with Gasteiger partial charge in [0, 0.05) is 3.57 Å². The molecule has 0 aliphatic rings. The molecule has 0 bridgehead atoms. The van der Waals surface area contributed by atoms with Crippen LogP contribution in [0.15, 0.2) is 6.07 Å². The molecule has 0 fully saturated rings. The summed E-state index contributed by atoms with van der Waals surface area (Å²) < 4.78 is 6.69. The van der Waals surface area contributed by atoms with Crippen molar-refractivity contribution in [3.63, 3.8) is 0 Å². The molecule has 16 heavy (non-hydrogen) atoms. The maximum Gasteiger partial charge on any atom is 0.340 e. The number of rotatable bonds is 3. The van der Waals surface area contributed by atoms with E-state index in [1.54, 1.807) is 6.07 Å². The molecule has 0 aromatic heterocycles. The summed E-state index contributed by atoms with van der Waals surface area (Å²) in [7, 11) is 0. The summed E-state index contributed by atoms with van der Waals surface area (Å²) in [5.74, 6) is -0.452. The lowest BCUT2D eigenvalue weighted by atomic mass is 10.2. The predicted molar refractivity (Wildman–Crippen MR) is 83.6 cm³/mol. The Morgan fingerprint density at radius 1 is 1.31 bits per heavy atom. The number of esters is 1. The summed E-state index contributed by atoms with van der Waals surface area (Å²) >= 11 is 5.90. The maximum atomic E-state index is 11.7. The third-order valence-electron chi connectivity index (χ3n) is 1.67. The molecule has 1 aromatic rings. The molecule has 1 aromatic carbocycles. The van der Waals surface area contributed by atoms with Crippen molar-refractivity contribution >= 4 is 73.7 Å². The van der Waals surface area contributed by atoms with Crippen molar-refractivity contribution in [2.24, 2.45) is 0 Å². The van der Waals surface area contributed by atoms with Crippen LogP contribution >= 0.6 is 67.8 Å². The fraction of sp³-hybridized carbons (Fsp3) is 0.222. The zero-order chi connectivity index (χ0) is 12.3. The molecule has 4 nitrogen and oxygen atoms in total. The van der Waals surface area contributed by atoms with Crippen LogP contribution in [0, 0.1) is 10.7 Å². The number of carbonyl (C=O) groups is 1. The number of benzene rings is 1. The van der Waals surface area contributed by atoms with Crippen LogP contribution in [0.25, 0.3) is 0 Å². The van der Waals surface area contributed by atoms with E-state index in [0.29, 0.717) is 16.3 Å². The Labute approximate surface area is 133 Å². The molecule has 0 radical (unpaired) electrons. The van der Waals surface area contributed by atoms with E-state index in [2.05, 4.69) is 0 Å². The highest BCUT2D eigenvalue weighted by molar-refractivity contribution is 14.1. The molecule has 2 N–H and O–H groups in total. The van der Waals surface area contributed by atoms with Gasteiger partial charge in [0.05, 0.1) is 19.3 Å². The van der Waals surface area contributed by atoms with Crippen LogP contribution in [0.1, 0.15) is 10.4 Å². The van der Waals surface area contributed by atoms with E-state index in [9.17, 15) is 9.90 Å². The zero-order valence-corrected chi connectivity index (χ0v) is 14.3. The Bertz CT molecular complexity index is 420. The van der Waals surface area contributed by atoms with Gasteiger partial charge in [0.2, 0.25) is 0 Å². The first kappa shape index (κ1) is 14.7. The van der Waals surface area contributed by atoms with Crippen LogP contribution in [0.2, 0.25) is 0 Å². The zero-order valence-electron chi connectivity index (χ0n) is 7.84. The Balaban J connectivity index is 3.13. The van der Waals surface area contributed by atoms with Gasteiger partial charge in [-0.1, -0.05) is 0 Å². The summed E-state index contributed by atoms with van der Waals surface area (Å²) in [5, 5.41) is 18.3. The fourth-order valence-corrected chi connectivity index (χ4v) is 4.79. The van der Waals surface area contributed by atoms with Crippen LogP contribution < -0.4 is 0 Å². The number of hydrogen-bond donors (Lipinski definition) is 2. The second-order valence-electron chi connectivity index (χ2n) is 2.74. The average molecular weight is 560 g/mol. The lowest BCUT2D eigenvalue weighted by molar-refractivity contribution is 0.0430. The average Bonchev–Trinajstić information content (AvgIpc) is 2.23. The molecule has 0 amide bonds. The number of phenols is 1. The molecule has 0 aliphatic carbocycles. The Morgan fingerprint density at radius 2 is 1.94 bits per heavy atom. The summed E-state index contributed by atoms with van der Waals surface area (Å²) in [6.45, 7) is -0.257. The number of aliphatic hydroxyl groups is 1. The lowest BCUT2D eigenvalue weighted by Gasteiger charge is -2.10. The van der Waals surface area contributed by atoms with Gasteiger partial charge >= 0.3 is 5.97 Å². The van der Waals surface area contributed by atoms with E-state index in [4.69, 9.17) is 9.84 Å². The minimum Gasteiger partial charge on any atom is -0.506 e. The second kappa shape index (κ2) is 6.54. The predicted octanol–water partition coefficient (Wildman–Crippen LogP) is 2.36. The van der Waals surface area contributed by atoms with Gasteiger partial charge in [0.25, 0.3) is 0 Å². The third-order valence-corrected chi connectivity index (χ3v) is 4.40. The molecule has 1 rings (SSSR count). The number of ether oxygens (including phenoxy) is 1. The van der Waals surface area contributed by atoms with Crippen LogP contribution in [-0.4, -0.2) is 29.4 Å². The van der Waals surface area contributed by atoms with Crippen molar-refractivity contribution in [2.75, 3.05) is 13.2 Å². The number of phenolic OH excluding ortho intramolecular Hbond substituents is 1. The normalized spacial score (nSPS) is 10.2. The molecular weight excluding hydrogens is 553 g/mol. The monoisotopic (exact) mass is 560 g/mol. The highest BCUT2D eigenvalue weighted by Gasteiger charge is 2.20. The first-order chi connectivity index (χ1) is 7.49. The van der Waals surface area contributed by atoms with Gasteiger partial charge in [-0.3, -0.25) is 0 Å². The molecule has 0 saturated carbocycles. The molecule has 0 heterocycles.